The Morgan fingerprint density at radius 1 is 1.25 bits per heavy atom. The van der Waals surface area contributed by atoms with Gasteiger partial charge < -0.3 is 31.0 Å². The van der Waals surface area contributed by atoms with Crippen LogP contribution in [0.1, 0.15) is 75.1 Å². The minimum atomic E-state index is -2.39. The van der Waals surface area contributed by atoms with E-state index in [1.54, 1.807) is 35.4 Å². The Balaban J connectivity index is 0.000000386. The van der Waals surface area contributed by atoms with Gasteiger partial charge in [-0.25, -0.2) is 13.2 Å². The van der Waals surface area contributed by atoms with Gasteiger partial charge in [0.15, 0.2) is 0 Å². The lowest BCUT2D eigenvalue weighted by molar-refractivity contribution is -0.136. The largest absolute Gasteiger partial charge is 0.412 e. The molecule has 15 heteroatoms. The number of alkyl halides is 3. The molecule has 4 fully saturated rings. The summed E-state index contributed by atoms with van der Waals surface area (Å²) in [5, 5.41) is 14.8. The Hall–Kier alpha value is -2.24. The van der Waals surface area contributed by atoms with Crippen LogP contribution >= 0.6 is 27.4 Å². The van der Waals surface area contributed by atoms with Crippen molar-refractivity contribution in [3.8, 4) is 0 Å². The van der Waals surface area contributed by atoms with Crippen LogP contribution in [-0.2, 0) is 9.95 Å². The van der Waals surface area contributed by atoms with E-state index in [1.807, 2.05) is 0 Å². The van der Waals surface area contributed by atoms with Crippen molar-refractivity contribution in [3.05, 3.63) is 64.3 Å². The molecule has 0 aliphatic carbocycles. The Morgan fingerprint density at radius 3 is 2.68 bits per heavy atom. The number of nitrogens with one attached hydrogen (secondary N) is 2. The summed E-state index contributed by atoms with van der Waals surface area (Å²) >= 11 is 1.31. The smallest absolute Gasteiger partial charge is 0.264 e. The lowest BCUT2D eigenvalue weighted by atomic mass is 9.91. The topological polar surface area (TPSA) is 146 Å². The summed E-state index contributed by atoms with van der Waals surface area (Å²) in [7, 11) is -1.64. The number of halogens is 3. The fourth-order valence-corrected chi connectivity index (χ4v) is 9.85. The maximum Gasteiger partial charge on any atom is 0.264 e. The lowest BCUT2D eigenvalue weighted by Gasteiger charge is -2.30. The number of benzene rings is 1. The molecule has 0 spiro atoms. The predicted molar refractivity (Wildman–Crippen MR) is 173 cm³/mol. The molecule has 6 atom stereocenters. The van der Waals surface area contributed by atoms with Crippen LogP contribution in [0.2, 0.25) is 0 Å². The molecular weight excluding hydrogens is 635 g/mol. The monoisotopic (exact) mass is 676 g/mol. The van der Waals surface area contributed by atoms with Crippen molar-refractivity contribution >= 4 is 49.3 Å². The van der Waals surface area contributed by atoms with Gasteiger partial charge in [-0.3, -0.25) is 14.6 Å². The van der Waals surface area contributed by atoms with Crippen LogP contribution in [0, 0.1) is 0 Å². The molecule has 2 amide bonds. The number of hydrogen-bond acceptors (Lipinski definition) is 7. The molecule has 44 heavy (non-hydrogen) atoms. The summed E-state index contributed by atoms with van der Waals surface area (Å²) in [6, 6.07) is 7.73. The van der Waals surface area contributed by atoms with Crippen molar-refractivity contribution in [1.29, 1.82) is 0 Å². The molecule has 4 saturated heterocycles. The summed E-state index contributed by atoms with van der Waals surface area (Å²) < 4.78 is 40.4. The van der Waals surface area contributed by atoms with E-state index in [-0.39, 0.29) is 60.0 Å². The molecular formula is C29H41F3N4O5P2S. The minimum Gasteiger partial charge on any atom is -0.412 e. The molecule has 0 radical (unpaired) electrons. The summed E-state index contributed by atoms with van der Waals surface area (Å²) in [5.41, 5.74) is 1.29. The quantitative estimate of drug-likeness (QED) is 0.263. The molecule has 2 aromatic heterocycles. The van der Waals surface area contributed by atoms with E-state index in [9.17, 15) is 32.8 Å². The van der Waals surface area contributed by atoms with Crippen LogP contribution in [0.4, 0.5) is 13.2 Å². The first kappa shape index (κ1) is 33.1. The van der Waals surface area contributed by atoms with Crippen molar-refractivity contribution in [2.24, 2.45) is 0 Å². The number of fused-ring (bicyclic) bond motifs is 2. The minimum absolute atomic E-state index is 0. The molecule has 6 N–H and O–H groups in total. The van der Waals surface area contributed by atoms with Gasteiger partial charge in [0.25, 0.3) is 12.3 Å². The summed E-state index contributed by atoms with van der Waals surface area (Å²) in [6.07, 6.45) is 4.63. The van der Waals surface area contributed by atoms with Gasteiger partial charge in [-0.05, 0) is 75.6 Å². The number of carbonyl (C=O) groups is 2. The third-order valence-corrected chi connectivity index (χ3v) is 13.8. The molecule has 0 saturated carbocycles. The molecule has 4 aliphatic heterocycles. The third-order valence-electron chi connectivity index (χ3n) is 8.68. The molecule has 1 aromatic carbocycles. The molecule has 4 aliphatic rings. The van der Waals surface area contributed by atoms with E-state index in [0.29, 0.717) is 22.4 Å². The first-order valence-electron chi connectivity index (χ1n) is 14.4. The number of amides is 2. The van der Waals surface area contributed by atoms with Crippen LogP contribution in [0.5, 0.6) is 0 Å². The Bertz CT molecular complexity index is 1530. The second-order valence-corrected chi connectivity index (χ2v) is 16.9. The van der Waals surface area contributed by atoms with Gasteiger partial charge in [-0.2, -0.15) is 0 Å². The third kappa shape index (κ3) is 6.51. The van der Waals surface area contributed by atoms with Crippen LogP contribution in [0.3, 0.4) is 0 Å². The highest BCUT2D eigenvalue weighted by Crippen LogP contribution is 2.94. The summed E-state index contributed by atoms with van der Waals surface area (Å²) in [6.45, 7) is 1.52. The number of aliphatic hydroxyl groups is 1. The average Bonchev–Trinajstić information content (AvgIpc) is 3.29. The lowest BCUT2D eigenvalue weighted by Crippen LogP contribution is -2.51. The Labute approximate surface area is 263 Å². The standard InChI is InChI=1S/C20H23FN2O4P2S.C9H10F2N2.H2O.3H2/c21-20(28-29(20)27)12-4-7-16-11(8-12)9-17(30-16)18(25)22-15-3-1-2-13-5-6-14(10-24)23(13)19(15)26;10-9(11)7-1-2-12-5-8(7)6-3-13-4-6;;;;/h4,7-9,13-15,24,27-28H,1-3,5-6,10H2,(H,22,25);1-2,5-6,9,13H,3-4H2;1H2;3*1H/t13-,14-,15-,20?,29?;;;;;/m0...../s1. The molecule has 0 bridgehead atoms. The van der Waals surface area contributed by atoms with E-state index < -0.39 is 25.5 Å². The van der Waals surface area contributed by atoms with E-state index in [4.69, 9.17) is 0 Å². The van der Waals surface area contributed by atoms with Gasteiger partial charge in [0, 0.05) is 57.5 Å². The average molecular weight is 677 g/mol. The normalized spacial score (nSPS) is 28.5. The van der Waals surface area contributed by atoms with Crippen molar-refractivity contribution in [3.63, 3.8) is 0 Å². The number of carbonyl (C=O) groups excluding carboxylic acids is 2. The molecule has 7 rings (SSSR count). The number of hydrogen-bond donors (Lipinski definition) is 4. The number of nitrogens with zero attached hydrogens (tertiary/aromatic N) is 2. The zero-order valence-electron chi connectivity index (χ0n) is 23.7. The maximum atomic E-state index is 14.5. The first-order chi connectivity index (χ1) is 20.7. The SMILES string of the molecule is FC(F)c1ccncc1C1CNC1.O.O=C(N[C@H]1CCC[C@H]2CC[C@@H](CO)N2C1=O)c1cc2cc(C3(F)PP3O)ccc2s1.[HH].[HH].[HH]. The number of aliphatic hydroxyl groups excluding tert-OH is 1. The van der Waals surface area contributed by atoms with Gasteiger partial charge in [0.05, 0.1) is 25.4 Å². The van der Waals surface area contributed by atoms with Crippen LogP contribution < -0.4 is 10.6 Å². The van der Waals surface area contributed by atoms with Crippen LogP contribution in [0.15, 0.2) is 42.7 Å². The van der Waals surface area contributed by atoms with E-state index in [2.05, 4.69) is 15.6 Å². The predicted octanol–water partition coefficient (Wildman–Crippen LogP) is 5.23. The highest BCUT2D eigenvalue weighted by molar-refractivity contribution is 8.36. The second kappa shape index (κ2) is 13.6. The van der Waals surface area contributed by atoms with Gasteiger partial charge in [-0.1, -0.05) is 6.07 Å². The van der Waals surface area contributed by atoms with Crippen molar-refractivity contribution in [1.82, 2.24) is 20.5 Å². The fourth-order valence-electron chi connectivity index (χ4n) is 6.14. The molecule has 3 aromatic rings. The van der Waals surface area contributed by atoms with Gasteiger partial charge >= 0.3 is 0 Å². The van der Waals surface area contributed by atoms with Crippen molar-refractivity contribution < 1.29 is 42.5 Å². The summed E-state index contributed by atoms with van der Waals surface area (Å²) in [5.74, 6) is -0.184. The zero-order chi connectivity index (χ0) is 30.3. The Kier molecular flexibility index (Phi) is 10.3. The molecule has 3 unspecified atom stereocenters. The van der Waals surface area contributed by atoms with Gasteiger partial charge in [-0.15, -0.1) is 11.3 Å². The van der Waals surface area contributed by atoms with Crippen molar-refractivity contribution in [2.45, 2.75) is 67.7 Å². The number of aromatic nitrogens is 1. The maximum absolute atomic E-state index is 14.5. The second-order valence-electron chi connectivity index (χ2n) is 11.3. The van der Waals surface area contributed by atoms with Crippen LogP contribution in [0.25, 0.3) is 10.1 Å². The first-order valence-corrected chi connectivity index (χ1v) is 18.3. The number of rotatable bonds is 6. The molecule has 244 valence electrons. The number of pyridine rings is 1. The van der Waals surface area contributed by atoms with E-state index >= 15 is 0 Å². The van der Waals surface area contributed by atoms with Crippen LogP contribution in [-0.4, -0.2) is 75.0 Å². The molecule has 6 heterocycles. The van der Waals surface area contributed by atoms with Gasteiger partial charge in [0.2, 0.25) is 11.1 Å². The van der Waals surface area contributed by atoms with E-state index in [1.165, 1.54) is 23.6 Å². The number of thiophene rings is 1. The van der Waals surface area contributed by atoms with Gasteiger partial charge in [0.1, 0.15) is 6.04 Å². The van der Waals surface area contributed by atoms with E-state index in [0.717, 1.165) is 48.9 Å². The Morgan fingerprint density at radius 2 is 2.02 bits per heavy atom. The fraction of sp³-hybridized carbons (Fsp3) is 0.483. The summed E-state index contributed by atoms with van der Waals surface area (Å²) in [4.78, 5) is 41.7. The highest BCUT2D eigenvalue weighted by Gasteiger charge is 2.57. The van der Waals surface area contributed by atoms with Crippen molar-refractivity contribution in [2.75, 3.05) is 19.7 Å². The molecule has 9 nitrogen and oxygen atoms in total. The zero-order valence-corrected chi connectivity index (χ0v) is 26.4. The highest BCUT2D eigenvalue weighted by atomic mass is 32.1.